The van der Waals surface area contributed by atoms with Gasteiger partial charge in [-0.2, -0.15) is 0 Å². The molecule has 112 valence electrons. The summed E-state index contributed by atoms with van der Waals surface area (Å²) in [5, 5.41) is 3.70. The Morgan fingerprint density at radius 3 is 2.40 bits per heavy atom. The molecule has 20 heavy (non-hydrogen) atoms. The molecule has 1 aliphatic carbocycles. The van der Waals surface area contributed by atoms with Gasteiger partial charge in [-0.05, 0) is 54.5 Å². The molecule has 0 aromatic heterocycles. The van der Waals surface area contributed by atoms with E-state index in [2.05, 4.69) is 38.2 Å². The number of rotatable bonds is 5. The van der Waals surface area contributed by atoms with E-state index >= 15 is 0 Å². The van der Waals surface area contributed by atoms with Gasteiger partial charge in [0.25, 0.3) is 0 Å². The summed E-state index contributed by atoms with van der Waals surface area (Å²) in [4.78, 5) is 0. The lowest BCUT2D eigenvalue weighted by atomic mass is 9.74. The first-order valence-electron chi connectivity index (χ1n) is 7.60. The van der Waals surface area contributed by atoms with Crippen molar-refractivity contribution in [1.29, 1.82) is 0 Å². The molecular formula is C17H27NO2. The first-order chi connectivity index (χ1) is 9.62. The quantitative estimate of drug-likeness (QED) is 0.892. The van der Waals surface area contributed by atoms with Gasteiger partial charge in [0.2, 0.25) is 0 Å². The van der Waals surface area contributed by atoms with Gasteiger partial charge in [-0.25, -0.2) is 0 Å². The highest BCUT2D eigenvalue weighted by atomic mass is 16.5. The van der Waals surface area contributed by atoms with Crippen molar-refractivity contribution in [2.45, 2.75) is 39.7 Å². The number of nitrogens with one attached hydrogen (secondary N) is 1. The Hall–Kier alpha value is -1.22. The predicted octanol–water partition coefficient (Wildman–Crippen LogP) is 3.57. The van der Waals surface area contributed by atoms with Crippen molar-refractivity contribution in [2.75, 3.05) is 20.8 Å². The van der Waals surface area contributed by atoms with Gasteiger partial charge in [0.05, 0.1) is 14.2 Å². The maximum Gasteiger partial charge on any atom is 0.161 e. The minimum absolute atomic E-state index is 0.411. The fourth-order valence-corrected chi connectivity index (χ4v) is 3.14. The summed E-state index contributed by atoms with van der Waals surface area (Å²) in [7, 11) is 3.40. The third-order valence-electron chi connectivity index (χ3n) is 4.56. The van der Waals surface area contributed by atoms with Crippen LogP contribution < -0.4 is 14.8 Å². The van der Waals surface area contributed by atoms with Crippen LogP contribution in [-0.4, -0.2) is 20.8 Å². The van der Waals surface area contributed by atoms with Crippen molar-refractivity contribution in [3.8, 4) is 11.5 Å². The topological polar surface area (TPSA) is 30.5 Å². The summed E-state index contributed by atoms with van der Waals surface area (Å²) in [5.74, 6) is 2.97. The van der Waals surface area contributed by atoms with E-state index in [1.54, 1.807) is 14.2 Å². The van der Waals surface area contributed by atoms with E-state index in [0.29, 0.717) is 17.9 Å². The predicted molar refractivity (Wildman–Crippen MR) is 82.6 cm³/mol. The van der Waals surface area contributed by atoms with E-state index in [1.165, 1.54) is 11.1 Å². The Bertz CT molecular complexity index is 459. The van der Waals surface area contributed by atoms with Crippen molar-refractivity contribution >= 4 is 0 Å². The summed E-state index contributed by atoms with van der Waals surface area (Å²) in [6.45, 7) is 7.94. The van der Waals surface area contributed by atoms with Crippen LogP contribution in [0.2, 0.25) is 0 Å². The summed E-state index contributed by atoms with van der Waals surface area (Å²) >= 11 is 0. The molecule has 1 aromatic rings. The molecular weight excluding hydrogens is 250 g/mol. The minimum atomic E-state index is 0.411. The zero-order valence-corrected chi connectivity index (χ0v) is 13.3. The van der Waals surface area contributed by atoms with Crippen LogP contribution in [0, 0.1) is 11.8 Å². The number of benzene rings is 1. The molecule has 0 bridgehead atoms. The average molecular weight is 277 g/mol. The first kappa shape index (κ1) is 15.2. The van der Waals surface area contributed by atoms with Crippen molar-refractivity contribution in [2.24, 2.45) is 11.8 Å². The molecule has 0 radical (unpaired) electrons. The second kappa shape index (κ2) is 6.49. The average Bonchev–Trinajstić information content (AvgIpc) is 2.46. The summed E-state index contributed by atoms with van der Waals surface area (Å²) < 4.78 is 10.9. The van der Waals surface area contributed by atoms with Gasteiger partial charge in [-0.15, -0.1) is 0 Å². The molecule has 1 aliphatic rings. The molecule has 2 rings (SSSR count). The Labute approximate surface area is 122 Å². The lowest BCUT2D eigenvalue weighted by Crippen LogP contribution is -2.35. The lowest BCUT2D eigenvalue weighted by molar-refractivity contribution is 0.261. The molecule has 0 saturated heterocycles. The molecule has 1 aromatic carbocycles. The normalized spacial score (nSPS) is 25.1. The molecule has 3 atom stereocenters. The van der Waals surface area contributed by atoms with Crippen molar-refractivity contribution in [3.05, 3.63) is 23.3 Å². The number of fused-ring (bicyclic) bond motifs is 1. The largest absolute Gasteiger partial charge is 0.493 e. The molecule has 0 heterocycles. The van der Waals surface area contributed by atoms with Gasteiger partial charge < -0.3 is 14.8 Å². The Morgan fingerprint density at radius 2 is 1.80 bits per heavy atom. The van der Waals surface area contributed by atoms with Crippen LogP contribution in [0.1, 0.15) is 44.4 Å². The molecule has 0 fully saturated rings. The molecule has 3 unspecified atom stereocenters. The first-order valence-corrected chi connectivity index (χ1v) is 7.60. The standard InChI is InChI=1S/C17H27NO2/c1-6-7-18-17-12(3)11(2)8-13-9-15(19-4)16(20-5)10-14(13)17/h9-12,17-18H,6-8H2,1-5H3. The van der Waals surface area contributed by atoms with Crippen molar-refractivity contribution < 1.29 is 9.47 Å². The molecule has 1 N–H and O–H groups in total. The van der Waals surface area contributed by atoms with Crippen LogP contribution in [0.4, 0.5) is 0 Å². The summed E-state index contributed by atoms with van der Waals surface area (Å²) in [6, 6.07) is 4.72. The monoisotopic (exact) mass is 277 g/mol. The highest BCUT2D eigenvalue weighted by molar-refractivity contribution is 5.49. The third-order valence-corrected chi connectivity index (χ3v) is 4.56. The zero-order chi connectivity index (χ0) is 14.7. The van der Waals surface area contributed by atoms with E-state index in [1.807, 2.05) is 0 Å². The van der Waals surface area contributed by atoms with Gasteiger partial charge >= 0.3 is 0 Å². The van der Waals surface area contributed by atoms with E-state index in [0.717, 1.165) is 30.9 Å². The molecule has 0 saturated carbocycles. The zero-order valence-electron chi connectivity index (χ0n) is 13.3. The smallest absolute Gasteiger partial charge is 0.161 e. The van der Waals surface area contributed by atoms with Crippen LogP contribution in [0.3, 0.4) is 0 Å². The van der Waals surface area contributed by atoms with Gasteiger partial charge in [-0.3, -0.25) is 0 Å². The Balaban J connectivity index is 2.42. The maximum atomic E-state index is 5.46. The summed E-state index contributed by atoms with van der Waals surface area (Å²) in [6.07, 6.45) is 2.27. The number of ether oxygens (including phenoxy) is 2. The molecule has 3 nitrogen and oxygen atoms in total. The second-order valence-corrected chi connectivity index (χ2v) is 5.88. The van der Waals surface area contributed by atoms with Crippen LogP contribution in [0.25, 0.3) is 0 Å². The van der Waals surface area contributed by atoms with Crippen LogP contribution in [0.5, 0.6) is 11.5 Å². The minimum Gasteiger partial charge on any atom is -0.493 e. The van der Waals surface area contributed by atoms with E-state index < -0.39 is 0 Å². The molecule has 0 amide bonds. The second-order valence-electron chi connectivity index (χ2n) is 5.88. The highest BCUT2D eigenvalue weighted by Crippen LogP contribution is 2.42. The van der Waals surface area contributed by atoms with Gasteiger partial charge in [0.1, 0.15) is 0 Å². The number of methoxy groups -OCH3 is 2. The number of hydrogen-bond acceptors (Lipinski definition) is 3. The molecule has 0 aliphatic heterocycles. The SMILES string of the molecule is CCCNC1c2cc(OC)c(OC)cc2CC(C)C1C. The van der Waals surface area contributed by atoms with Gasteiger partial charge in [-0.1, -0.05) is 20.8 Å². The lowest BCUT2D eigenvalue weighted by Gasteiger charge is -2.37. The van der Waals surface area contributed by atoms with Crippen molar-refractivity contribution in [1.82, 2.24) is 5.32 Å². The Kier molecular flexibility index (Phi) is 4.92. The van der Waals surface area contributed by atoms with Crippen LogP contribution >= 0.6 is 0 Å². The van der Waals surface area contributed by atoms with Gasteiger partial charge in [0, 0.05) is 6.04 Å². The maximum absolute atomic E-state index is 5.46. The Morgan fingerprint density at radius 1 is 1.15 bits per heavy atom. The van der Waals surface area contributed by atoms with Gasteiger partial charge in [0.15, 0.2) is 11.5 Å². The highest BCUT2D eigenvalue weighted by Gasteiger charge is 2.32. The third kappa shape index (κ3) is 2.78. The molecule has 3 heteroatoms. The van der Waals surface area contributed by atoms with Crippen LogP contribution in [0.15, 0.2) is 12.1 Å². The van der Waals surface area contributed by atoms with E-state index in [4.69, 9.17) is 9.47 Å². The van der Waals surface area contributed by atoms with E-state index in [-0.39, 0.29) is 0 Å². The molecule has 0 spiro atoms. The fraction of sp³-hybridized carbons (Fsp3) is 0.647. The van der Waals surface area contributed by atoms with E-state index in [9.17, 15) is 0 Å². The number of hydrogen-bond donors (Lipinski definition) is 1. The summed E-state index contributed by atoms with van der Waals surface area (Å²) in [5.41, 5.74) is 2.77. The van der Waals surface area contributed by atoms with Crippen molar-refractivity contribution in [3.63, 3.8) is 0 Å². The van der Waals surface area contributed by atoms with Crippen LogP contribution in [-0.2, 0) is 6.42 Å². The fourth-order valence-electron chi connectivity index (χ4n) is 3.14.